The molecule has 0 spiro atoms. The summed E-state index contributed by atoms with van der Waals surface area (Å²) in [7, 11) is 1.58. The van der Waals surface area contributed by atoms with Crippen LogP contribution in [-0.4, -0.2) is 17.0 Å². The highest BCUT2D eigenvalue weighted by atomic mass is 16.2. The number of nitrogens with zero attached hydrogens (tertiary/aromatic N) is 1. The van der Waals surface area contributed by atoms with Crippen LogP contribution in [0.3, 0.4) is 0 Å². The maximum Gasteiger partial charge on any atom is 0.267 e. The highest BCUT2D eigenvalue weighted by Crippen LogP contribution is 1.93. The first-order valence-electron chi connectivity index (χ1n) is 4.11. The molecule has 1 rings (SSSR count). The first kappa shape index (κ1) is 9.51. The van der Waals surface area contributed by atoms with Crippen LogP contribution in [0.25, 0.3) is 0 Å². The molecule has 1 heterocycles. The Morgan fingerprint density at radius 2 is 2.23 bits per heavy atom. The molecule has 13 heavy (non-hydrogen) atoms. The number of carbonyl (C=O) groups is 1. The Labute approximate surface area is 76.2 Å². The molecule has 0 saturated carbocycles. The highest BCUT2D eigenvalue weighted by molar-refractivity contribution is 5.92. The second-order valence-corrected chi connectivity index (χ2v) is 2.67. The van der Waals surface area contributed by atoms with Gasteiger partial charge in [0, 0.05) is 19.7 Å². The molecule has 0 unspecified atom stereocenters. The van der Waals surface area contributed by atoms with Crippen molar-refractivity contribution in [2.24, 2.45) is 7.05 Å². The molecule has 4 nitrogen and oxygen atoms in total. The lowest BCUT2D eigenvalue weighted by Gasteiger charge is -2.06. The van der Waals surface area contributed by atoms with Gasteiger partial charge in [0.2, 0.25) is 0 Å². The molecule has 0 saturated heterocycles. The van der Waals surface area contributed by atoms with E-state index in [9.17, 15) is 9.59 Å². The standard InChI is InChI=1S/C9H12N2O2/c1-3-10-9(13)7-5-4-6-8(12)11(7)2/h4-6H,3H2,1-2H3,(H,10,13). The summed E-state index contributed by atoms with van der Waals surface area (Å²) in [6.07, 6.45) is 0. The molecular formula is C9H12N2O2. The fourth-order valence-corrected chi connectivity index (χ4v) is 1.04. The van der Waals surface area contributed by atoms with Crippen LogP contribution in [-0.2, 0) is 7.05 Å². The molecule has 0 radical (unpaired) electrons. The van der Waals surface area contributed by atoms with Crippen molar-refractivity contribution in [1.82, 2.24) is 9.88 Å². The first-order chi connectivity index (χ1) is 6.16. The maximum absolute atomic E-state index is 11.3. The summed E-state index contributed by atoms with van der Waals surface area (Å²) in [5.41, 5.74) is 0.207. The molecule has 0 aliphatic heterocycles. The maximum atomic E-state index is 11.3. The number of aromatic nitrogens is 1. The molecule has 1 amide bonds. The third-order valence-corrected chi connectivity index (χ3v) is 1.75. The van der Waals surface area contributed by atoms with Crippen LogP contribution in [0.1, 0.15) is 17.4 Å². The molecule has 0 fully saturated rings. The second-order valence-electron chi connectivity index (χ2n) is 2.67. The molecule has 1 aromatic rings. The normalized spacial score (nSPS) is 9.69. The third-order valence-electron chi connectivity index (χ3n) is 1.75. The van der Waals surface area contributed by atoms with Gasteiger partial charge in [-0.15, -0.1) is 0 Å². The summed E-state index contributed by atoms with van der Waals surface area (Å²) >= 11 is 0. The lowest BCUT2D eigenvalue weighted by Crippen LogP contribution is -2.30. The van der Waals surface area contributed by atoms with Crippen molar-refractivity contribution in [3.8, 4) is 0 Å². The molecule has 0 aromatic carbocycles. The fraction of sp³-hybridized carbons (Fsp3) is 0.333. The van der Waals surface area contributed by atoms with E-state index >= 15 is 0 Å². The van der Waals surface area contributed by atoms with Gasteiger partial charge in [0.05, 0.1) is 0 Å². The molecular weight excluding hydrogens is 168 g/mol. The van der Waals surface area contributed by atoms with Gasteiger partial charge in [-0.2, -0.15) is 0 Å². The minimum atomic E-state index is -0.220. The molecule has 1 N–H and O–H groups in total. The SMILES string of the molecule is CCNC(=O)c1cccc(=O)n1C. The number of rotatable bonds is 2. The Morgan fingerprint density at radius 3 is 2.85 bits per heavy atom. The van der Waals surface area contributed by atoms with Crippen molar-refractivity contribution >= 4 is 5.91 Å². The van der Waals surface area contributed by atoms with E-state index in [0.717, 1.165) is 0 Å². The van der Waals surface area contributed by atoms with Crippen LogP contribution in [0.4, 0.5) is 0 Å². The Balaban J connectivity index is 3.08. The van der Waals surface area contributed by atoms with Crippen LogP contribution in [0.5, 0.6) is 0 Å². The largest absolute Gasteiger partial charge is 0.351 e. The minimum absolute atomic E-state index is 0.177. The summed E-state index contributed by atoms with van der Waals surface area (Å²) in [6, 6.07) is 4.61. The molecule has 70 valence electrons. The average Bonchev–Trinajstić information content (AvgIpc) is 2.10. The van der Waals surface area contributed by atoms with Crippen molar-refractivity contribution in [3.05, 3.63) is 34.2 Å². The number of hydrogen-bond donors (Lipinski definition) is 1. The van der Waals surface area contributed by atoms with E-state index in [1.54, 1.807) is 19.2 Å². The fourth-order valence-electron chi connectivity index (χ4n) is 1.04. The minimum Gasteiger partial charge on any atom is -0.351 e. The zero-order valence-electron chi connectivity index (χ0n) is 7.70. The van der Waals surface area contributed by atoms with Crippen molar-refractivity contribution in [3.63, 3.8) is 0 Å². The van der Waals surface area contributed by atoms with Gasteiger partial charge in [0.15, 0.2) is 0 Å². The average molecular weight is 180 g/mol. The Kier molecular flexibility index (Phi) is 2.84. The summed E-state index contributed by atoms with van der Waals surface area (Å²) in [6.45, 7) is 2.39. The van der Waals surface area contributed by atoms with Gasteiger partial charge in [-0.3, -0.25) is 9.59 Å². The number of pyridine rings is 1. The Morgan fingerprint density at radius 1 is 1.54 bits per heavy atom. The molecule has 0 atom stereocenters. The van der Waals surface area contributed by atoms with Gasteiger partial charge < -0.3 is 9.88 Å². The Bertz CT molecular complexity index is 368. The van der Waals surface area contributed by atoms with Gasteiger partial charge in [0.1, 0.15) is 5.69 Å². The van der Waals surface area contributed by atoms with Crippen LogP contribution in [0.2, 0.25) is 0 Å². The number of nitrogens with one attached hydrogen (secondary N) is 1. The lowest BCUT2D eigenvalue weighted by molar-refractivity contribution is 0.0946. The molecule has 0 bridgehead atoms. The van der Waals surface area contributed by atoms with E-state index in [4.69, 9.17) is 0 Å². The van der Waals surface area contributed by atoms with E-state index in [-0.39, 0.29) is 11.5 Å². The third kappa shape index (κ3) is 1.96. The highest BCUT2D eigenvalue weighted by Gasteiger charge is 2.06. The van der Waals surface area contributed by atoms with Crippen molar-refractivity contribution in [2.45, 2.75) is 6.92 Å². The van der Waals surface area contributed by atoms with Crippen molar-refractivity contribution in [2.75, 3.05) is 6.54 Å². The van der Waals surface area contributed by atoms with E-state index in [1.165, 1.54) is 10.6 Å². The summed E-state index contributed by atoms with van der Waals surface area (Å²) < 4.78 is 1.32. The van der Waals surface area contributed by atoms with E-state index in [0.29, 0.717) is 12.2 Å². The lowest BCUT2D eigenvalue weighted by atomic mass is 10.3. The summed E-state index contributed by atoms with van der Waals surface area (Å²) in [4.78, 5) is 22.5. The van der Waals surface area contributed by atoms with Gasteiger partial charge in [-0.25, -0.2) is 0 Å². The molecule has 0 aliphatic rings. The van der Waals surface area contributed by atoms with E-state index in [1.807, 2.05) is 6.92 Å². The smallest absolute Gasteiger partial charge is 0.267 e. The van der Waals surface area contributed by atoms with Gasteiger partial charge in [-0.05, 0) is 13.0 Å². The monoisotopic (exact) mass is 180 g/mol. The predicted molar refractivity (Wildman–Crippen MR) is 49.7 cm³/mol. The van der Waals surface area contributed by atoms with Crippen LogP contribution < -0.4 is 10.9 Å². The molecule has 4 heteroatoms. The van der Waals surface area contributed by atoms with Gasteiger partial charge in [-0.1, -0.05) is 6.07 Å². The van der Waals surface area contributed by atoms with E-state index < -0.39 is 0 Å². The van der Waals surface area contributed by atoms with Crippen molar-refractivity contribution in [1.29, 1.82) is 0 Å². The second kappa shape index (κ2) is 3.89. The quantitative estimate of drug-likeness (QED) is 0.703. The first-order valence-corrected chi connectivity index (χ1v) is 4.11. The zero-order valence-corrected chi connectivity index (χ0v) is 7.70. The Hall–Kier alpha value is -1.58. The van der Waals surface area contributed by atoms with Crippen LogP contribution >= 0.6 is 0 Å². The number of amides is 1. The van der Waals surface area contributed by atoms with E-state index in [2.05, 4.69) is 5.32 Å². The molecule has 0 aliphatic carbocycles. The van der Waals surface area contributed by atoms with Gasteiger partial charge in [0.25, 0.3) is 11.5 Å². The van der Waals surface area contributed by atoms with Crippen LogP contribution in [0.15, 0.2) is 23.0 Å². The molecule has 1 aromatic heterocycles. The number of hydrogen-bond acceptors (Lipinski definition) is 2. The van der Waals surface area contributed by atoms with Gasteiger partial charge >= 0.3 is 0 Å². The summed E-state index contributed by atoms with van der Waals surface area (Å²) in [5.74, 6) is -0.220. The zero-order chi connectivity index (χ0) is 9.84. The predicted octanol–water partition coefficient (Wildman–Crippen LogP) is 0.135. The topological polar surface area (TPSA) is 51.1 Å². The van der Waals surface area contributed by atoms with Crippen LogP contribution in [0, 0.1) is 0 Å². The van der Waals surface area contributed by atoms with Crippen molar-refractivity contribution < 1.29 is 4.79 Å². The summed E-state index contributed by atoms with van der Waals surface area (Å²) in [5, 5.41) is 2.63. The number of carbonyl (C=O) groups excluding carboxylic acids is 1.